The van der Waals surface area contributed by atoms with Crippen LogP contribution in [0.25, 0.3) is 27.8 Å². The molecule has 7 nitrogen and oxygen atoms in total. The van der Waals surface area contributed by atoms with Crippen molar-refractivity contribution in [2.75, 3.05) is 7.11 Å². The summed E-state index contributed by atoms with van der Waals surface area (Å²) < 4.78 is 9.24. The van der Waals surface area contributed by atoms with E-state index < -0.39 is 0 Å². The van der Waals surface area contributed by atoms with E-state index in [1.807, 2.05) is 55.7 Å². The molecule has 0 bridgehead atoms. The number of aryl methyl sites for hydroxylation is 1. The van der Waals surface area contributed by atoms with Gasteiger partial charge in [-0.2, -0.15) is 5.10 Å². The zero-order valence-electron chi connectivity index (χ0n) is 16.0. The molecule has 5 aromatic rings. The Hall–Kier alpha value is -3.39. The molecular weight excluding hydrogens is 384 g/mol. The molecule has 5 rings (SSSR count). The molecule has 0 radical (unpaired) electrons. The van der Waals surface area contributed by atoms with Crippen molar-refractivity contribution in [1.82, 2.24) is 29.3 Å². The van der Waals surface area contributed by atoms with E-state index in [1.54, 1.807) is 29.9 Å². The first-order valence-electron chi connectivity index (χ1n) is 9.11. The maximum Gasteiger partial charge on any atom is 0.162 e. The zero-order valence-corrected chi connectivity index (χ0v) is 16.8. The number of hydrogen-bond donors (Lipinski definition) is 0. The van der Waals surface area contributed by atoms with Gasteiger partial charge in [0.2, 0.25) is 0 Å². The Labute approximate surface area is 171 Å². The highest BCUT2D eigenvalue weighted by Crippen LogP contribution is 2.30. The molecule has 0 N–H and O–H groups in total. The van der Waals surface area contributed by atoms with Crippen molar-refractivity contribution in [3.8, 4) is 11.4 Å². The Balaban J connectivity index is 1.55. The maximum absolute atomic E-state index is 5.30. The van der Waals surface area contributed by atoms with Gasteiger partial charge in [-0.3, -0.25) is 9.25 Å². The third-order valence-electron chi connectivity index (χ3n) is 4.79. The minimum absolute atomic E-state index is 0.668. The lowest BCUT2D eigenvalue weighted by Crippen LogP contribution is -2.00. The third-order valence-corrected chi connectivity index (χ3v) is 5.79. The van der Waals surface area contributed by atoms with Crippen molar-refractivity contribution in [1.29, 1.82) is 0 Å². The number of aromatic nitrogens is 6. The molecule has 3 heterocycles. The molecule has 29 heavy (non-hydrogen) atoms. The molecule has 0 saturated heterocycles. The van der Waals surface area contributed by atoms with Gasteiger partial charge in [0.1, 0.15) is 22.9 Å². The van der Waals surface area contributed by atoms with E-state index >= 15 is 0 Å². The van der Waals surface area contributed by atoms with Gasteiger partial charge in [-0.1, -0.05) is 23.9 Å². The number of thioether (sulfide) groups is 1. The van der Waals surface area contributed by atoms with Crippen LogP contribution in [0, 0.1) is 0 Å². The SMILES string of the molecule is COc1ccc(-n2c(CSc3ncnc4c3cnn4C)nc3ccccc32)cc1. The molecule has 0 saturated carbocycles. The number of imidazole rings is 1. The van der Waals surface area contributed by atoms with Crippen molar-refractivity contribution in [3.05, 3.63) is 66.9 Å². The van der Waals surface area contributed by atoms with E-state index in [4.69, 9.17) is 9.72 Å². The molecule has 2 aromatic carbocycles. The number of methoxy groups -OCH3 is 1. The molecule has 144 valence electrons. The highest BCUT2D eigenvalue weighted by Gasteiger charge is 2.15. The quantitative estimate of drug-likeness (QED) is 0.327. The van der Waals surface area contributed by atoms with E-state index in [0.29, 0.717) is 5.75 Å². The predicted molar refractivity (Wildman–Crippen MR) is 113 cm³/mol. The molecule has 0 spiro atoms. The first kappa shape index (κ1) is 17.7. The first-order valence-corrected chi connectivity index (χ1v) is 10.1. The van der Waals surface area contributed by atoms with Crippen LogP contribution in [-0.4, -0.2) is 36.4 Å². The maximum atomic E-state index is 5.30. The topological polar surface area (TPSA) is 70.7 Å². The lowest BCUT2D eigenvalue weighted by molar-refractivity contribution is 0.414. The van der Waals surface area contributed by atoms with Crippen LogP contribution in [-0.2, 0) is 12.8 Å². The Morgan fingerprint density at radius 1 is 1.03 bits per heavy atom. The zero-order chi connectivity index (χ0) is 19.8. The van der Waals surface area contributed by atoms with Gasteiger partial charge in [-0.15, -0.1) is 0 Å². The summed E-state index contributed by atoms with van der Waals surface area (Å²) in [5.41, 5.74) is 3.91. The van der Waals surface area contributed by atoms with E-state index in [9.17, 15) is 0 Å². The molecule has 0 amide bonds. The molecule has 0 fully saturated rings. The molecular formula is C21H18N6OS. The summed E-state index contributed by atoms with van der Waals surface area (Å²) in [5.74, 6) is 2.45. The van der Waals surface area contributed by atoms with Crippen LogP contribution < -0.4 is 4.74 Å². The fourth-order valence-corrected chi connectivity index (χ4v) is 4.26. The summed E-state index contributed by atoms with van der Waals surface area (Å²) in [7, 11) is 3.55. The van der Waals surface area contributed by atoms with Crippen LogP contribution in [0.15, 0.2) is 66.1 Å². The Morgan fingerprint density at radius 3 is 2.69 bits per heavy atom. The molecule has 8 heteroatoms. The van der Waals surface area contributed by atoms with Gasteiger partial charge in [-0.25, -0.2) is 15.0 Å². The fraction of sp³-hybridized carbons (Fsp3) is 0.143. The van der Waals surface area contributed by atoms with E-state index in [1.165, 1.54) is 0 Å². The van der Waals surface area contributed by atoms with E-state index in [2.05, 4.69) is 25.7 Å². The van der Waals surface area contributed by atoms with Crippen molar-refractivity contribution in [3.63, 3.8) is 0 Å². The van der Waals surface area contributed by atoms with Crippen LogP contribution >= 0.6 is 11.8 Å². The summed E-state index contributed by atoms with van der Waals surface area (Å²) in [6.45, 7) is 0. The Bertz CT molecular complexity index is 1310. The molecule has 0 aliphatic heterocycles. The van der Waals surface area contributed by atoms with Crippen molar-refractivity contribution in [2.45, 2.75) is 10.8 Å². The summed E-state index contributed by atoms with van der Waals surface area (Å²) in [5, 5.41) is 6.15. The fourth-order valence-electron chi connectivity index (χ4n) is 3.38. The summed E-state index contributed by atoms with van der Waals surface area (Å²) in [6, 6.07) is 16.2. The van der Waals surface area contributed by atoms with Crippen LogP contribution in [0.5, 0.6) is 5.75 Å². The molecule has 3 aromatic heterocycles. The summed E-state index contributed by atoms with van der Waals surface area (Å²) in [4.78, 5) is 13.7. The number of ether oxygens (including phenoxy) is 1. The predicted octanol–water partition coefficient (Wildman–Crippen LogP) is 4.00. The largest absolute Gasteiger partial charge is 0.497 e. The average Bonchev–Trinajstić information content (AvgIpc) is 3.33. The Kier molecular flexibility index (Phi) is 4.40. The van der Waals surface area contributed by atoms with Crippen LogP contribution in [0.1, 0.15) is 5.82 Å². The third kappa shape index (κ3) is 3.11. The van der Waals surface area contributed by atoms with Crippen molar-refractivity contribution in [2.24, 2.45) is 7.05 Å². The Morgan fingerprint density at radius 2 is 1.86 bits per heavy atom. The lowest BCUT2D eigenvalue weighted by atomic mass is 10.2. The van der Waals surface area contributed by atoms with Gasteiger partial charge in [-0.05, 0) is 36.4 Å². The number of fused-ring (bicyclic) bond motifs is 2. The van der Waals surface area contributed by atoms with Gasteiger partial charge >= 0.3 is 0 Å². The van der Waals surface area contributed by atoms with Gasteiger partial charge in [0.15, 0.2) is 5.65 Å². The molecule has 0 aliphatic rings. The van der Waals surface area contributed by atoms with Gasteiger partial charge < -0.3 is 4.74 Å². The van der Waals surface area contributed by atoms with Crippen LogP contribution in [0.4, 0.5) is 0 Å². The first-order chi connectivity index (χ1) is 14.2. The van der Waals surface area contributed by atoms with Gasteiger partial charge in [0.25, 0.3) is 0 Å². The minimum Gasteiger partial charge on any atom is -0.497 e. The second kappa shape index (κ2) is 7.21. The van der Waals surface area contributed by atoms with Crippen molar-refractivity contribution >= 4 is 33.8 Å². The molecule has 0 aliphatic carbocycles. The number of hydrogen-bond acceptors (Lipinski definition) is 6. The van der Waals surface area contributed by atoms with Gasteiger partial charge in [0.05, 0.1) is 35.5 Å². The molecule has 0 atom stereocenters. The smallest absolute Gasteiger partial charge is 0.162 e. The lowest BCUT2D eigenvalue weighted by Gasteiger charge is -2.10. The van der Waals surface area contributed by atoms with Gasteiger partial charge in [0, 0.05) is 12.7 Å². The van der Waals surface area contributed by atoms with E-state index in [0.717, 1.165) is 44.4 Å². The second-order valence-electron chi connectivity index (χ2n) is 6.52. The second-order valence-corrected chi connectivity index (χ2v) is 7.49. The standard InChI is InChI=1S/C21H18N6OS/c1-26-20-16(11-24-26)21(23-13-22-20)29-12-19-25-17-5-3-4-6-18(17)27(19)14-7-9-15(28-2)10-8-14/h3-11,13H,12H2,1-2H3. The summed E-state index contributed by atoms with van der Waals surface area (Å²) in [6.07, 6.45) is 3.39. The average molecular weight is 402 g/mol. The van der Waals surface area contributed by atoms with Crippen molar-refractivity contribution < 1.29 is 4.74 Å². The number of benzene rings is 2. The number of para-hydroxylation sites is 2. The number of rotatable bonds is 5. The minimum atomic E-state index is 0.668. The molecule has 0 unspecified atom stereocenters. The monoisotopic (exact) mass is 402 g/mol. The number of nitrogens with zero attached hydrogens (tertiary/aromatic N) is 6. The van der Waals surface area contributed by atoms with Crippen LogP contribution in [0.2, 0.25) is 0 Å². The normalized spacial score (nSPS) is 11.4. The summed E-state index contributed by atoms with van der Waals surface area (Å²) >= 11 is 1.64. The van der Waals surface area contributed by atoms with E-state index in [-0.39, 0.29) is 0 Å². The highest BCUT2D eigenvalue weighted by atomic mass is 32.2. The van der Waals surface area contributed by atoms with Crippen LogP contribution in [0.3, 0.4) is 0 Å². The highest BCUT2D eigenvalue weighted by molar-refractivity contribution is 7.98.